The Balaban J connectivity index is 0.000000161. The summed E-state index contributed by atoms with van der Waals surface area (Å²) in [4.78, 5) is 10.2. The van der Waals surface area contributed by atoms with Gasteiger partial charge in [-0.1, -0.05) is 202 Å². The second-order valence-electron chi connectivity index (χ2n) is 18.7. The number of imidazole rings is 2. The third-order valence-corrected chi connectivity index (χ3v) is 13.2. The van der Waals surface area contributed by atoms with Crippen LogP contribution in [0.5, 0.6) is 0 Å². The quantitative estimate of drug-likeness (QED) is 0.114. The predicted octanol–water partition coefficient (Wildman–Crippen LogP) is 20.2. The number of nitrogens with zero attached hydrogens (tertiary/aromatic N) is 6. The number of fused-ring (bicyclic) bond motifs is 4. The maximum atomic E-state index is 14.2. The summed E-state index contributed by atoms with van der Waals surface area (Å²) in [6, 6.07) is 76.6. The fourth-order valence-electron chi connectivity index (χ4n) is 9.23. The number of benzene rings is 10. The first-order chi connectivity index (χ1) is 37.3. The van der Waals surface area contributed by atoms with Crippen LogP contribution in [0.25, 0.3) is 77.0 Å². The van der Waals surface area contributed by atoms with E-state index in [0.29, 0.717) is 11.4 Å². The first-order valence-corrected chi connectivity index (χ1v) is 26.2. The van der Waals surface area contributed by atoms with Crippen LogP contribution in [0.3, 0.4) is 0 Å². The molecule has 0 spiro atoms. The molecule has 0 fully saturated rings. The van der Waals surface area contributed by atoms with Crippen molar-refractivity contribution in [3.05, 3.63) is 278 Å². The normalized spacial score (nSPS) is 10.6. The minimum Gasteiger partial charge on any atom is -0.656 e. The van der Waals surface area contributed by atoms with E-state index < -0.39 is 0 Å². The Hall–Kier alpha value is -8.19. The van der Waals surface area contributed by atoms with Crippen LogP contribution in [0.15, 0.2) is 231 Å². The van der Waals surface area contributed by atoms with Gasteiger partial charge in [-0.05, 0) is 59.5 Å². The molecule has 0 N–H and O–H groups in total. The Labute approximate surface area is 472 Å². The van der Waals surface area contributed by atoms with Gasteiger partial charge in [0.2, 0.25) is 0 Å². The number of hydrogen-bond acceptors (Lipinski definition) is 2. The Morgan fingerprint density at radius 1 is 0.416 bits per heavy atom. The molecule has 12 rings (SSSR count). The van der Waals surface area contributed by atoms with Crippen molar-refractivity contribution < 1.29 is 30.6 Å². The van der Waals surface area contributed by atoms with E-state index in [1.165, 1.54) is 38.7 Å². The van der Waals surface area contributed by atoms with Crippen LogP contribution < -0.4 is 0 Å². The molecule has 0 atom stereocenters. The van der Waals surface area contributed by atoms with Crippen molar-refractivity contribution in [2.45, 2.75) is 59.5 Å². The molecule has 0 saturated heterocycles. The first kappa shape index (κ1) is 55.1. The van der Waals surface area contributed by atoms with Gasteiger partial charge in [-0.15, -0.1) is 41.3 Å². The monoisotopic (exact) mass is 1080 g/mol. The van der Waals surface area contributed by atoms with Crippen molar-refractivity contribution in [3.8, 4) is 22.8 Å². The molecule has 2 aromatic heterocycles. The molecule has 10 aromatic carbocycles. The second-order valence-corrected chi connectivity index (χ2v) is 18.7. The van der Waals surface area contributed by atoms with Crippen LogP contribution in [-0.4, -0.2) is 19.1 Å². The van der Waals surface area contributed by atoms with Gasteiger partial charge in [0, 0.05) is 24.2 Å². The Morgan fingerprint density at radius 2 is 0.792 bits per heavy atom. The van der Waals surface area contributed by atoms with Crippen molar-refractivity contribution in [3.63, 3.8) is 0 Å². The van der Waals surface area contributed by atoms with Crippen LogP contribution in [0.4, 0.5) is 27.1 Å². The molecule has 6 nitrogen and oxygen atoms in total. The van der Waals surface area contributed by atoms with E-state index in [1.807, 2.05) is 84.9 Å². The molecule has 77 heavy (non-hydrogen) atoms. The van der Waals surface area contributed by atoms with Crippen LogP contribution in [0, 0.1) is 26.6 Å². The van der Waals surface area contributed by atoms with E-state index in [4.69, 9.17) is 15.3 Å². The average molecular weight is 1090 g/mol. The van der Waals surface area contributed by atoms with Crippen molar-refractivity contribution in [1.29, 1.82) is 0 Å². The molecule has 8 heteroatoms. The van der Waals surface area contributed by atoms with Gasteiger partial charge in [0.25, 0.3) is 0 Å². The van der Waals surface area contributed by atoms with Gasteiger partial charge < -0.3 is 19.8 Å². The Bertz CT molecular complexity index is 3550. The summed E-state index contributed by atoms with van der Waals surface area (Å²) in [5.74, 6) is 1.61. The average Bonchev–Trinajstić information content (AvgIpc) is 4.16. The summed E-state index contributed by atoms with van der Waals surface area (Å²) in [6.07, 6.45) is 4.40. The number of para-hydroxylation sites is 4. The van der Waals surface area contributed by atoms with Crippen molar-refractivity contribution in [2.24, 2.45) is 0 Å². The summed E-state index contributed by atoms with van der Waals surface area (Å²) < 4.78 is 18.9. The number of hydrogen-bond donors (Lipinski definition) is 0. The van der Waals surface area contributed by atoms with Crippen molar-refractivity contribution in [2.75, 3.05) is 0 Å². The molecular weight excluding hydrogens is 1020 g/mol. The maximum absolute atomic E-state index is 14.2. The third kappa shape index (κ3) is 13.4. The summed E-state index contributed by atoms with van der Waals surface area (Å²) >= 11 is 0. The van der Waals surface area contributed by atoms with Crippen LogP contribution in [0.1, 0.15) is 56.2 Å². The minimum atomic E-state index is -0.334. The molecule has 0 unspecified atom stereocenters. The molecule has 2 heterocycles. The molecule has 12 aromatic rings. The molecule has 0 radical (unpaired) electrons. The van der Waals surface area contributed by atoms with Gasteiger partial charge in [-0.2, -0.15) is 49.2 Å². The van der Waals surface area contributed by atoms with E-state index in [9.17, 15) is 4.39 Å². The van der Waals surface area contributed by atoms with Gasteiger partial charge in [0.1, 0.15) is 17.5 Å². The third-order valence-electron chi connectivity index (χ3n) is 13.2. The largest absolute Gasteiger partial charge is 4.00 e. The molecule has 0 bridgehead atoms. The zero-order valence-electron chi connectivity index (χ0n) is 44.2. The molecule has 0 aliphatic rings. The van der Waals surface area contributed by atoms with E-state index in [-0.39, 0.29) is 32.0 Å². The molecule has 0 amide bonds. The van der Waals surface area contributed by atoms with E-state index in [0.717, 1.165) is 101 Å². The topological polar surface area (TPSA) is 63.8 Å². The number of unbranched alkanes of at least 4 members (excludes halogenated alkanes) is 2. The second kappa shape index (κ2) is 27.0. The van der Waals surface area contributed by atoms with Crippen molar-refractivity contribution in [1.82, 2.24) is 19.1 Å². The molecule has 380 valence electrons. The van der Waals surface area contributed by atoms with Crippen molar-refractivity contribution >= 4 is 66.4 Å². The molecule has 0 aliphatic heterocycles. The molecular formula is C69H63FN6Zr. The van der Waals surface area contributed by atoms with Gasteiger partial charge in [0.05, 0.1) is 22.1 Å². The van der Waals surface area contributed by atoms with Gasteiger partial charge >= 0.3 is 26.2 Å². The standard InChI is InChI=1S/C28H26N3.C27H23FN3.2C7H7.Zr/c1-3-4-19-31-26-18-10-17-25(29-24-16-8-5-11-20(24)2)27(26)30-28(31)23-15-9-13-21-12-6-7-14-22(21)23;1-2-3-18-31-25-17-9-16-24(29-23-15-7-6-14-22(23)28)26(25)30-27(31)21-13-8-11-19-10-4-5-12-20(19)21;2*1-7-5-3-2-4-6-7;/h5-18H,3-4,19H2,1-2H3;4-17H,2-3,18H2,1H3;2*2-6H,1H2;/q4*-1;+4. The summed E-state index contributed by atoms with van der Waals surface area (Å²) in [5, 5.41) is 14.4. The molecule has 0 aliphatic carbocycles. The number of halogens is 1. The summed E-state index contributed by atoms with van der Waals surface area (Å²) in [7, 11) is 0. The summed E-state index contributed by atoms with van der Waals surface area (Å²) in [6.45, 7) is 15.8. The van der Waals surface area contributed by atoms with Crippen LogP contribution in [-0.2, 0) is 39.3 Å². The zero-order valence-corrected chi connectivity index (χ0v) is 46.6. The van der Waals surface area contributed by atoms with Gasteiger partial charge in [-0.3, -0.25) is 0 Å². The zero-order chi connectivity index (χ0) is 52.6. The van der Waals surface area contributed by atoms with Crippen LogP contribution >= 0.6 is 0 Å². The number of rotatable bonds is 12. The van der Waals surface area contributed by atoms with E-state index in [2.05, 4.69) is 170 Å². The first-order valence-electron chi connectivity index (χ1n) is 26.2. The Morgan fingerprint density at radius 3 is 1.23 bits per heavy atom. The smallest absolute Gasteiger partial charge is 0.656 e. The fourth-order valence-corrected chi connectivity index (χ4v) is 9.23. The van der Waals surface area contributed by atoms with Crippen LogP contribution in [0.2, 0.25) is 0 Å². The Kier molecular flexibility index (Phi) is 19.3. The number of aromatic nitrogens is 4. The maximum Gasteiger partial charge on any atom is 4.00 e. The van der Waals surface area contributed by atoms with Gasteiger partial charge in [-0.25, -0.2) is 14.4 Å². The fraction of sp³-hybridized carbons (Fsp3) is 0.130. The van der Waals surface area contributed by atoms with E-state index >= 15 is 0 Å². The number of aryl methyl sites for hydroxylation is 3. The summed E-state index contributed by atoms with van der Waals surface area (Å²) in [5.41, 5.74) is 12.4. The predicted molar refractivity (Wildman–Crippen MR) is 320 cm³/mol. The van der Waals surface area contributed by atoms with Gasteiger partial charge in [0.15, 0.2) is 0 Å². The molecule has 0 saturated carbocycles. The minimum absolute atomic E-state index is 0. The SMILES string of the molecule is CCCCn1c(-c2cccc3ccccc23)nc2c([N-]c3ccccc3C)cccc21.CCCCn1c(-c2cccc3ccccc23)nc2c([N-]c3ccccc3F)cccc21.[CH2-]c1ccccc1.[CH2-]c1ccccc1.[Zr+4]. The van der Waals surface area contributed by atoms with E-state index in [1.54, 1.807) is 18.2 Å².